The van der Waals surface area contributed by atoms with Crippen LogP contribution in [-0.2, 0) is 6.54 Å². The van der Waals surface area contributed by atoms with Crippen LogP contribution in [0.3, 0.4) is 0 Å². The van der Waals surface area contributed by atoms with Gasteiger partial charge in [-0.25, -0.2) is 19.9 Å². The van der Waals surface area contributed by atoms with E-state index >= 15 is 0 Å². The van der Waals surface area contributed by atoms with Crippen LogP contribution in [0.4, 0.5) is 0 Å². The molecule has 0 aliphatic carbocycles. The Morgan fingerprint density at radius 3 is 2.41 bits per heavy atom. The molecule has 0 spiro atoms. The number of piperidine rings is 1. The first-order chi connectivity index (χ1) is 20.2. The summed E-state index contributed by atoms with van der Waals surface area (Å²) in [5.74, 6) is 2.75. The number of hydrogen-bond donors (Lipinski definition) is 1. The maximum Gasteiger partial charge on any atom is 0.199 e. The Kier molecular flexibility index (Phi) is 6.74. The zero-order chi connectivity index (χ0) is 27.6. The minimum absolute atomic E-state index is 0.390. The van der Waals surface area contributed by atoms with E-state index in [9.17, 15) is 0 Å². The van der Waals surface area contributed by atoms with Gasteiger partial charge in [0, 0.05) is 41.4 Å². The van der Waals surface area contributed by atoms with Gasteiger partial charge in [0.1, 0.15) is 17.3 Å². The normalized spacial score (nSPS) is 14.5. The lowest BCUT2D eigenvalue weighted by Crippen LogP contribution is -2.32. The summed E-state index contributed by atoms with van der Waals surface area (Å²) < 4.78 is 0. The fourth-order valence-corrected chi connectivity index (χ4v) is 5.56. The van der Waals surface area contributed by atoms with Gasteiger partial charge in [-0.3, -0.25) is 15.0 Å². The summed E-state index contributed by atoms with van der Waals surface area (Å²) in [7, 11) is 0. The van der Waals surface area contributed by atoms with Crippen LogP contribution in [0.15, 0.2) is 91.3 Å². The summed E-state index contributed by atoms with van der Waals surface area (Å²) in [6.45, 7) is 4.87. The van der Waals surface area contributed by atoms with Gasteiger partial charge in [0.05, 0.1) is 5.69 Å². The van der Waals surface area contributed by atoms with Crippen LogP contribution in [-0.4, -0.2) is 53.1 Å². The van der Waals surface area contributed by atoms with E-state index in [4.69, 9.17) is 9.97 Å². The fourth-order valence-electron chi connectivity index (χ4n) is 5.56. The standard InChI is InChI=1S/C33H30N8/c1-22-35-20-27-19-28(24-7-3-2-4-8-24)30(37-31(27)36-22)25-12-10-23(11-13-25)21-41-17-14-26(15-18-41)32-38-33(40-39-32)29-9-5-6-16-34-29/h2-13,16,19-20,26H,14-15,17-18,21H2,1H3,(H,38,39,40). The molecule has 4 aromatic heterocycles. The van der Waals surface area contributed by atoms with Crippen LogP contribution >= 0.6 is 0 Å². The second kappa shape index (κ2) is 11.0. The molecule has 1 aliphatic rings. The summed E-state index contributed by atoms with van der Waals surface area (Å²) in [5, 5.41) is 8.50. The zero-order valence-electron chi connectivity index (χ0n) is 22.9. The lowest BCUT2D eigenvalue weighted by Gasteiger charge is -2.31. The van der Waals surface area contributed by atoms with Crippen molar-refractivity contribution >= 4 is 11.0 Å². The molecule has 0 bridgehead atoms. The number of hydrogen-bond acceptors (Lipinski definition) is 7. The summed E-state index contributed by atoms with van der Waals surface area (Å²) in [4.78, 5) is 25.6. The molecule has 6 aromatic rings. The van der Waals surface area contributed by atoms with Crippen LogP contribution in [0.5, 0.6) is 0 Å². The first-order valence-electron chi connectivity index (χ1n) is 14.0. The average Bonchev–Trinajstić information content (AvgIpc) is 3.53. The first-order valence-corrected chi connectivity index (χ1v) is 14.0. The van der Waals surface area contributed by atoms with E-state index in [2.05, 4.69) is 84.6 Å². The second-order valence-electron chi connectivity index (χ2n) is 10.6. The highest BCUT2D eigenvalue weighted by atomic mass is 15.2. The molecule has 1 saturated heterocycles. The number of fused-ring (bicyclic) bond motifs is 1. The van der Waals surface area contributed by atoms with E-state index in [1.54, 1.807) is 6.20 Å². The summed E-state index contributed by atoms with van der Waals surface area (Å²) in [6.07, 6.45) is 5.73. The van der Waals surface area contributed by atoms with Crippen molar-refractivity contribution in [3.05, 3.63) is 108 Å². The smallest absolute Gasteiger partial charge is 0.199 e. The number of benzene rings is 2. The minimum atomic E-state index is 0.390. The molecule has 7 rings (SSSR count). The van der Waals surface area contributed by atoms with Crippen molar-refractivity contribution < 1.29 is 0 Å². The van der Waals surface area contributed by atoms with Crippen LogP contribution in [0.25, 0.3) is 44.9 Å². The Morgan fingerprint density at radius 2 is 1.63 bits per heavy atom. The second-order valence-corrected chi connectivity index (χ2v) is 10.6. The van der Waals surface area contributed by atoms with Crippen molar-refractivity contribution in [1.82, 2.24) is 40.0 Å². The number of pyridine rings is 2. The maximum atomic E-state index is 5.01. The molecule has 0 saturated carbocycles. The van der Waals surface area contributed by atoms with Gasteiger partial charge in [-0.15, -0.1) is 0 Å². The van der Waals surface area contributed by atoms with Gasteiger partial charge < -0.3 is 0 Å². The minimum Gasteiger partial charge on any atom is -0.299 e. The number of H-pyrrole nitrogens is 1. The first kappa shape index (κ1) is 25.2. The number of aromatic nitrogens is 7. The van der Waals surface area contributed by atoms with Gasteiger partial charge in [0.25, 0.3) is 0 Å². The van der Waals surface area contributed by atoms with Gasteiger partial charge in [-0.2, -0.15) is 5.10 Å². The lowest BCUT2D eigenvalue weighted by atomic mass is 9.95. The number of aromatic amines is 1. The summed E-state index contributed by atoms with van der Waals surface area (Å²) in [6, 6.07) is 27.2. The third-order valence-electron chi connectivity index (χ3n) is 7.78. The highest BCUT2D eigenvalue weighted by molar-refractivity contribution is 5.89. The monoisotopic (exact) mass is 538 g/mol. The predicted molar refractivity (Wildman–Crippen MR) is 160 cm³/mol. The highest BCUT2D eigenvalue weighted by Crippen LogP contribution is 2.33. The van der Waals surface area contributed by atoms with E-state index < -0.39 is 0 Å². The highest BCUT2D eigenvalue weighted by Gasteiger charge is 2.24. The van der Waals surface area contributed by atoms with Crippen LogP contribution in [0.1, 0.15) is 36.0 Å². The van der Waals surface area contributed by atoms with E-state index in [-0.39, 0.29) is 0 Å². The Bertz CT molecular complexity index is 1770. The molecule has 8 heteroatoms. The molecule has 5 heterocycles. The summed E-state index contributed by atoms with van der Waals surface area (Å²) in [5.41, 5.74) is 7.05. The average molecular weight is 539 g/mol. The number of rotatable bonds is 6. The van der Waals surface area contributed by atoms with Crippen molar-refractivity contribution in [1.29, 1.82) is 0 Å². The Hall–Kier alpha value is -4.82. The predicted octanol–water partition coefficient (Wildman–Crippen LogP) is 6.23. The molecular weight excluding hydrogens is 508 g/mol. The molecule has 41 heavy (non-hydrogen) atoms. The van der Waals surface area contributed by atoms with Crippen molar-refractivity contribution in [2.24, 2.45) is 0 Å². The van der Waals surface area contributed by atoms with Crippen molar-refractivity contribution in [3.8, 4) is 33.9 Å². The maximum absolute atomic E-state index is 5.01. The Morgan fingerprint density at radius 1 is 0.829 bits per heavy atom. The molecular formula is C33H30N8. The van der Waals surface area contributed by atoms with Gasteiger partial charge in [0.15, 0.2) is 11.5 Å². The molecule has 0 atom stereocenters. The number of nitrogens with one attached hydrogen (secondary N) is 1. The topological polar surface area (TPSA) is 96.4 Å². The molecule has 1 fully saturated rings. The van der Waals surface area contributed by atoms with Crippen LogP contribution in [0, 0.1) is 6.92 Å². The molecule has 1 N–H and O–H groups in total. The molecule has 0 unspecified atom stereocenters. The van der Waals surface area contributed by atoms with Gasteiger partial charge in [0.2, 0.25) is 0 Å². The van der Waals surface area contributed by atoms with E-state index in [0.29, 0.717) is 11.7 Å². The molecule has 2 aromatic carbocycles. The molecule has 0 amide bonds. The number of nitrogens with zero attached hydrogens (tertiary/aromatic N) is 7. The van der Waals surface area contributed by atoms with Gasteiger partial charge >= 0.3 is 0 Å². The number of likely N-dealkylation sites (tertiary alicyclic amines) is 1. The largest absolute Gasteiger partial charge is 0.299 e. The molecule has 0 radical (unpaired) electrons. The SMILES string of the molecule is Cc1ncc2cc(-c3ccccc3)c(-c3ccc(CN4CCC(c5nc(-c6ccccn6)n[nH]5)CC4)cc3)nc2n1. The Labute approximate surface area is 238 Å². The molecule has 202 valence electrons. The number of aryl methyl sites for hydroxylation is 1. The third-order valence-corrected chi connectivity index (χ3v) is 7.78. The van der Waals surface area contributed by atoms with Crippen LogP contribution in [0.2, 0.25) is 0 Å². The molecule has 1 aliphatic heterocycles. The van der Waals surface area contributed by atoms with E-state index in [0.717, 1.165) is 83.2 Å². The Balaban J connectivity index is 1.06. The van der Waals surface area contributed by atoms with Crippen molar-refractivity contribution in [2.45, 2.75) is 32.2 Å². The third kappa shape index (κ3) is 5.34. The van der Waals surface area contributed by atoms with E-state index in [1.165, 1.54) is 5.56 Å². The zero-order valence-corrected chi connectivity index (χ0v) is 22.9. The summed E-state index contributed by atoms with van der Waals surface area (Å²) >= 11 is 0. The van der Waals surface area contributed by atoms with Gasteiger partial charge in [-0.05, 0) is 62.2 Å². The van der Waals surface area contributed by atoms with Crippen LogP contribution < -0.4 is 0 Å². The quantitative estimate of drug-likeness (QED) is 0.269. The lowest BCUT2D eigenvalue weighted by molar-refractivity contribution is 0.202. The molecule has 8 nitrogen and oxygen atoms in total. The van der Waals surface area contributed by atoms with Gasteiger partial charge in [-0.1, -0.05) is 60.7 Å². The fraction of sp³-hybridized carbons (Fsp3) is 0.212. The van der Waals surface area contributed by atoms with E-state index in [1.807, 2.05) is 37.4 Å². The van der Waals surface area contributed by atoms with Crippen molar-refractivity contribution in [2.75, 3.05) is 13.1 Å². The van der Waals surface area contributed by atoms with Crippen molar-refractivity contribution in [3.63, 3.8) is 0 Å².